The lowest BCUT2D eigenvalue weighted by Crippen LogP contribution is -1.97. The molecule has 1 heterocycles. The van der Waals surface area contributed by atoms with E-state index in [4.69, 9.17) is 17.3 Å². The van der Waals surface area contributed by atoms with Gasteiger partial charge in [-0.15, -0.1) is 0 Å². The van der Waals surface area contributed by atoms with Gasteiger partial charge in [-0.3, -0.25) is 0 Å². The Bertz CT molecular complexity index is 501. The van der Waals surface area contributed by atoms with E-state index in [-0.39, 0.29) is 0 Å². The summed E-state index contributed by atoms with van der Waals surface area (Å²) in [4.78, 5) is 8.02. The Morgan fingerprint density at radius 1 is 1.25 bits per heavy atom. The third-order valence-corrected chi connectivity index (χ3v) is 2.76. The molecule has 1 aromatic carbocycles. The summed E-state index contributed by atoms with van der Waals surface area (Å²) in [6, 6.07) is 5.44. The van der Waals surface area contributed by atoms with Gasteiger partial charge in [-0.1, -0.05) is 11.6 Å². The fourth-order valence-corrected chi connectivity index (χ4v) is 1.91. The highest BCUT2D eigenvalue weighted by molar-refractivity contribution is 9.10. The average molecular weight is 300 g/mol. The average Bonchev–Trinajstić information content (AvgIpc) is 2.25. The Morgan fingerprint density at radius 2 is 2.06 bits per heavy atom. The van der Waals surface area contributed by atoms with Crippen molar-refractivity contribution in [2.45, 2.75) is 0 Å². The summed E-state index contributed by atoms with van der Waals surface area (Å²) in [6.07, 6.45) is 3.06. The van der Waals surface area contributed by atoms with E-state index in [0.717, 1.165) is 10.2 Å². The van der Waals surface area contributed by atoms with E-state index in [1.807, 2.05) is 6.07 Å². The summed E-state index contributed by atoms with van der Waals surface area (Å²) in [5.41, 5.74) is 6.31. The fraction of sp³-hybridized carbons (Fsp3) is 0. The van der Waals surface area contributed by atoms with Gasteiger partial charge in [-0.2, -0.15) is 0 Å². The maximum absolute atomic E-state index is 5.84. The zero-order chi connectivity index (χ0) is 11.5. The maximum atomic E-state index is 5.84. The molecule has 0 radical (unpaired) electrons. The quantitative estimate of drug-likeness (QED) is 0.893. The Balaban J connectivity index is 2.23. The number of nitrogens with two attached hydrogens (primary N) is 1. The van der Waals surface area contributed by atoms with Crippen molar-refractivity contribution in [3.8, 4) is 0 Å². The van der Waals surface area contributed by atoms with Gasteiger partial charge in [0.1, 0.15) is 11.6 Å². The Morgan fingerprint density at radius 3 is 2.69 bits per heavy atom. The minimum atomic E-state index is 0.390. The minimum absolute atomic E-state index is 0.390. The largest absolute Gasteiger partial charge is 0.382 e. The van der Waals surface area contributed by atoms with E-state index in [2.05, 4.69) is 31.2 Å². The Hall–Kier alpha value is -1.33. The molecule has 0 unspecified atom stereocenters. The standard InChI is InChI=1S/C10H8BrClN4/c11-7-3-6(12)1-2-8(7)16-10-5-14-9(13)4-15-10/h1-5H,(H2,13,14)(H,15,16). The fourth-order valence-electron chi connectivity index (χ4n) is 1.13. The van der Waals surface area contributed by atoms with Crippen molar-refractivity contribution in [1.29, 1.82) is 0 Å². The number of anilines is 3. The molecule has 0 saturated heterocycles. The predicted molar refractivity (Wildman–Crippen MR) is 68.9 cm³/mol. The van der Waals surface area contributed by atoms with Gasteiger partial charge in [0.15, 0.2) is 0 Å². The number of hydrogen-bond acceptors (Lipinski definition) is 4. The Kier molecular flexibility index (Phi) is 3.26. The van der Waals surface area contributed by atoms with Gasteiger partial charge in [0.25, 0.3) is 0 Å². The van der Waals surface area contributed by atoms with Crippen LogP contribution in [0.5, 0.6) is 0 Å². The highest BCUT2D eigenvalue weighted by Gasteiger charge is 2.02. The molecule has 2 rings (SSSR count). The molecular weight excluding hydrogens is 291 g/mol. The zero-order valence-corrected chi connectivity index (χ0v) is 10.5. The lowest BCUT2D eigenvalue weighted by atomic mass is 10.3. The smallest absolute Gasteiger partial charge is 0.149 e. The molecule has 6 heteroatoms. The van der Waals surface area contributed by atoms with Gasteiger partial charge in [0.05, 0.1) is 18.1 Å². The molecule has 16 heavy (non-hydrogen) atoms. The van der Waals surface area contributed by atoms with E-state index in [1.54, 1.807) is 18.3 Å². The summed E-state index contributed by atoms with van der Waals surface area (Å²) in [5, 5.41) is 3.76. The number of rotatable bonds is 2. The van der Waals surface area contributed by atoms with Crippen LogP contribution in [0, 0.1) is 0 Å². The molecule has 4 nitrogen and oxygen atoms in total. The SMILES string of the molecule is Nc1cnc(Nc2ccc(Cl)cc2Br)cn1. The normalized spacial score (nSPS) is 10.1. The maximum Gasteiger partial charge on any atom is 0.149 e. The van der Waals surface area contributed by atoms with E-state index in [0.29, 0.717) is 16.7 Å². The Labute approximate surface area is 106 Å². The number of hydrogen-bond donors (Lipinski definition) is 2. The molecular formula is C10H8BrClN4. The molecule has 0 atom stereocenters. The lowest BCUT2D eigenvalue weighted by molar-refractivity contribution is 1.21. The van der Waals surface area contributed by atoms with Crippen molar-refractivity contribution in [2.75, 3.05) is 11.1 Å². The molecule has 0 fully saturated rings. The molecule has 0 bridgehead atoms. The molecule has 0 spiro atoms. The van der Waals surface area contributed by atoms with Crippen LogP contribution in [0.25, 0.3) is 0 Å². The summed E-state index contributed by atoms with van der Waals surface area (Å²) in [7, 11) is 0. The number of benzene rings is 1. The van der Waals surface area contributed by atoms with Crippen LogP contribution in [0.4, 0.5) is 17.3 Å². The molecule has 0 aliphatic heterocycles. The van der Waals surface area contributed by atoms with Gasteiger partial charge in [-0.25, -0.2) is 9.97 Å². The van der Waals surface area contributed by atoms with Crippen molar-refractivity contribution in [2.24, 2.45) is 0 Å². The predicted octanol–water partition coefficient (Wildman–Crippen LogP) is 3.22. The summed E-state index contributed by atoms with van der Waals surface area (Å²) in [6.45, 7) is 0. The van der Waals surface area contributed by atoms with E-state index in [1.165, 1.54) is 6.20 Å². The first-order chi connectivity index (χ1) is 7.65. The van der Waals surface area contributed by atoms with E-state index in [9.17, 15) is 0 Å². The minimum Gasteiger partial charge on any atom is -0.382 e. The summed E-state index contributed by atoms with van der Waals surface area (Å²) >= 11 is 9.24. The third-order valence-electron chi connectivity index (χ3n) is 1.87. The van der Waals surface area contributed by atoms with Crippen LogP contribution in [-0.2, 0) is 0 Å². The number of aromatic nitrogens is 2. The van der Waals surface area contributed by atoms with Crippen LogP contribution in [0.2, 0.25) is 5.02 Å². The van der Waals surface area contributed by atoms with E-state index < -0.39 is 0 Å². The van der Waals surface area contributed by atoms with Crippen molar-refractivity contribution in [1.82, 2.24) is 9.97 Å². The number of nitrogen functional groups attached to an aromatic ring is 1. The molecule has 3 N–H and O–H groups in total. The first-order valence-electron chi connectivity index (χ1n) is 4.45. The van der Waals surface area contributed by atoms with E-state index >= 15 is 0 Å². The van der Waals surface area contributed by atoms with Crippen LogP contribution in [0.15, 0.2) is 35.1 Å². The van der Waals surface area contributed by atoms with Crippen LogP contribution in [0.3, 0.4) is 0 Å². The molecule has 0 amide bonds. The second kappa shape index (κ2) is 4.67. The van der Waals surface area contributed by atoms with Crippen LogP contribution in [-0.4, -0.2) is 9.97 Å². The lowest BCUT2D eigenvalue weighted by Gasteiger charge is -2.07. The number of halogens is 2. The second-order valence-corrected chi connectivity index (χ2v) is 4.37. The summed E-state index contributed by atoms with van der Waals surface area (Å²) < 4.78 is 0.860. The molecule has 0 aliphatic rings. The highest BCUT2D eigenvalue weighted by atomic mass is 79.9. The zero-order valence-electron chi connectivity index (χ0n) is 8.11. The first kappa shape index (κ1) is 11.2. The molecule has 0 saturated carbocycles. The van der Waals surface area contributed by atoms with Gasteiger partial charge >= 0.3 is 0 Å². The van der Waals surface area contributed by atoms with Gasteiger partial charge in [0, 0.05) is 9.50 Å². The highest BCUT2D eigenvalue weighted by Crippen LogP contribution is 2.27. The van der Waals surface area contributed by atoms with Gasteiger partial charge in [-0.05, 0) is 34.1 Å². The second-order valence-electron chi connectivity index (χ2n) is 3.08. The molecule has 0 aliphatic carbocycles. The summed E-state index contributed by atoms with van der Waals surface area (Å²) in [5.74, 6) is 1.01. The van der Waals surface area contributed by atoms with Crippen LogP contribution in [0.1, 0.15) is 0 Å². The molecule has 2 aromatic rings. The molecule has 1 aromatic heterocycles. The first-order valence-corrected chi connectivity index (χ1v) is 5.62. The van der Waals surface area contributed by atoms with Gasteiger partial charge in [0.2, 0.25) is 0 Å². The topological polar surface area (TPSA) is 63.8 Å². The molecule has 82 valence electrons. The van der Waals surface area contributed by atoms with Crippen molar-refractivity contribution < 1.29 is 0 Å². The number of nitrogens with one attached hydrogen (secondary N) is 1. The van der Waals surface area contributed by atoms with Crippen molar-refractivity contribution >= 4 is 44.9 Å². The van der Waals surface area contributed by atoms with Gasteiger partial charge < -0.3 is 11.1 Å². The van der Waals surface area contributed by atoms with Crippen molar-refractivity contribution in [3.63, 3.8) is 0 Å². The van der Waals surface area contributed by atoms with Crippen LogP contribution < -0.4 is 11.1 Å². The number of nitrogens with zero attached hydrogens (tertiary/aromatic N) is 2. The third kappa shape index (κ3) is 2.62. The van der Waals surface area contributed by atoms with Crippen LogP contribution >= 0.6 is 27.5 Å². The monoisotopic (exact) mass is 298 g/mol. The van der Waals surface area contributed by atoms with Crippen molar-refractivity contribution in [3.05, 3.63) is 40.1 Å².